The summed E-state index contributed by atoms with van der Waals surface area (Å²) in [4.78, 5) is 16.5. The average Bonchev–Trinajstić information content (AvgIpc) is 3.05. The first-order valence-corrected chi connectivity index (χ1v) is 8.40. The average molecular weight is 354 g/mol. The Hall–Kier alpha value is -2.68. The van der Waals surface area contributed by atoms with Crippen LogP contribution in [0.2, 0.25) is 5.02 Å². The Balaban J connectivity index is 1.65. The fourth-order valence-corrected chi connectivity index (χ4v) is 2.99. The van der Waals surface area contributed by atoms with Crippen molar-refractivity contribution in [1.29, 1.82) is 5.26 Å². The fraction of sp³-hybridized carbons (Fsp3) is 0.0556. The predicted octanol–water partition coefficient (Wildman–Crippen LogP) is 4.52. The molecule has 2 aromatic carbocycles. The van der Waals surface area contributed by atoms with E-state index in [1.54, 1.807) is 24.3 Å². The molecule has 3 aromatic rings. The van der Waals surface area contributed by atoms with Crippen LogP contribution in [0.4, 0.5) is 5.13 Å². The summed E-state index contributed by atoms with van der Waals surface area (Å²) >= 11 is 7.20. The van der Waals surface area contributed by atoms with E-state index in [9.17, 15) is 4.79 Å². The first-order valence-electron chi connectivity index (χ1n) is 7.14. The maximum Gasteiger partial charge on any atom is 0.230 e. The molecule has 0 saturated carbocycles. The van der Waals surface area contributed by atoms with E-state index in [0.717, 1.165) is 16.8 Å². The molecule has 0 atom stereocenters. The van der Waals surface area contributed by atoms with Crippen molar-refractivity contribution in [3.63, 3.8) is 0 Å². The van der Waals surface area contributed by atoms with Gasteiger partial charge in [-0.2, -0.15) is 5.26 Å². The number of hydrogen-bond donors (Lipinski definition) is 1. The minimum absolute atomic E-state index is 0.127. The number of nitriles is 1. The third-order valence-electron chi connectivity index (χ3n) is 3.34. The summed E-state index contributed by atoms with van der Waals surface area (Å²) in [6, 6.07) is 16.4. The Morgan fingerprint density at radius 1 is 1.17 bits per heavy atom. The van der Waals surface area contributed by atoms with Gasteiger partial charge in [0, 0.05) is 16.0 Å². The lowest BCUT2D eigenvalue weighted by Gasteiger charge is -2.02. The molecule has 1 aromatic heterocycles. The normalized spacial score (nSPS) is 10.2. The standard InChI is InChI=1S/C18H12ClN3OS/c19-15-7-3-12(4-8-15)9-17(23)22-18-21-16(11-24-18)14-5-1-13(10-20)2-6-14/h1-8,11H,9H2,(H,21,22,23). The molecule has 1 amide bonds. The molecule has 0 spiro atoms. The second kappa shape index (κ2) is 7.26. The maximum atomic E-state index is 12.1. The van der Waals surface area contributed by atoms with Crippen molar-refractivity contribution >= 4 is 34.0 Å². The zero-order chi connectivity index (χ0) is 16.9. The Kier molecular flexibility index (Phi) is 4.90. The lowest BCUT2D eigenvalue weighted by atomic mass is 10.1. The molecule has 1 N–H and O–H groups in total. The van der Waals surface area contributed by atoms with Gasteiger partial charge >= 0.3 is 0 Å². The minimum Gasteiger partial charge on any atom is -0.302 e. The van der Waals surface area contributed by atoms with Gasteiger partial charge < -0.3 is 5.32 Å². The smallest absolute Gasteiger partial charge is 0.230 e. The van der Waals surface area contributed by atoms with Crippen LogP contribution in [0.5, 0.6) is 0 Å². The number of rotatable bonds is 4. The van der Waals surface area contributed by atoms with Gasteiger partial charge in [-0.25, -0.2) is 4.98 Å². The number of benzene rings is 2. The van der Waals surface area contributed by atoms with Gasteiger partial charge in [0.1, 0.15) is 0 Å². The van der Waals surface area contributed by atoms with E-state index in [1.807, 2.05) is 29.6 Å². The first kappa shape index (κ1) is 16.2. The van der Waals surface area contributed by atoms with E-state index in [4.69, 9.17) is 16.9 Å². The highest BCUT2D eigenvalue weighted by Crippen LogP contribution is 2.25. The molecule has 0 aliphatic carbocycles. The highest BCUT2D eigenvalue weighted by Gasteiger charge is 2.09. The van der Waals surface area contributed by atoms with Crippen molar-refractivity contribution < 1.29 is 4.79 Å². The van der Waals surface area contributed by atoms with Crippen molar-refractivity contribution in [2.24, 2.45) is 0 Å². The van der Waals surface area contributed by atoms with E-state index in [0.29, 0.717) is 15.7 Å². The third kappa shape index (κ3) is 3.99. The highest BCUT2D eigenvalue weighted by atomic mass is 35.5. The third-order valence-corrected chi connectivity index (χ3v) is 4.35. The number of nitrogens with zero attached hydrogens (tertiary/aromatic N) is 2. The lowest BCUT2D eigenvalue weighted by molar-refractivity contribution is -0.115. The highest BCUT2D eigenvalue weighted by molar-refractivity contribution is 7.14. The van der Waals surface area contributed by atoms with Gasteiger partial charge in [0.15, 0.2) is 5.13 Å². The summed E-state index contributed by atoms with van der Waals surface area (Å²) in [7, 11) is 0. The van der Waals surface area contributed by atoms with Crippen LogP contribution in [-0.2, 0) is 11.2 Å². The van der Waals surface area contributed by atoms with Crippen molar-refractivity contribution in [3.05, 3.63) is 70.1 Å². The lowest BCUT2D eigenvalue weighted by Crippen LogP contribution is -2.14. The van der Waals surface area contributed by atoms with E-state index in [2.05, 4.69) is 16.4 Å². The predicted molar refractivity (Wildman–Crippen MR) is 96.1 cm³/mol. The largest absolute Gasteiger partial charge is 0.302 e. The van der Waals surface area contributed by atoms with Crippen LogP contribution >= 0.6 is 22.9 Å². The van der Waals surface area contributed by atoms with Crippen LogP contribution in [0.25, 0.3) is 11.3 Å². The molecule has 0 bridgehead atoms. The molecule has 6 heteroatoms. The number of aromatic nitrogens is 1. The van der Waals surface area contributed by atoms with Crippen molar-refractivity contribution in [2.75, 3.05) is 5.32 Å². The Labute approximate surface area is 148 Å². The molecule has 0 aliphatic rings. The van der Waals surface area contributed by atoms with Crippen LogP contribution in [0.15, 0.2) is 53.9 Å². The number of thiazole rings is 1. The quantitative estimate of drug-likeness (QED) is 0.750. The van der Waals surface area contributed by atoms with Crippen LogP contribution in [0, 0.1) is 11.3 Å². The maximum absolute atomic E-state index is 12.1. The molecule has 0 unspecified atom stereocenters. The number of carbonyl (C=O) groups is 1. The van der Waals surface area contributed by atoms with Crippen LogP contribution in [0.3, 0.4) is 0 Å². The molecule has 0 aliphatic heterocycles. The molecule has 0 fully saturated rings. The number of anilines is 1. The summed E-state index contributed by atoms with van der Waals surface area (Å²) in [6.07, 6.45) is 0.267. The van der Waals surface area contributed by atoms with Crippen molar-refractivity contribution in [2.45, 2.75) is 6.42 Å². The second-order valence-electron chi connectivity index (χ2n) is 5.08. The molecule has 1 heterocycles. The van der Waals surface area contributed by atoms with Gasteiger partial charge in [-0.05, 0) is 29.8 Å². The van der Waals surface area contributed by atoms with Gasteiger partial charge in [-0.1, -0.05) is 35.9 Å². The van der Waals surface area contributed by atoms with Gasteiger partial charge in [-0.15, -0.1) is 11.3 Å². The molecule has 118 valence electrons. The molecular weight excluding hydrogens is 342 g/mol. The SMILES string of the molecule is N#Cc1ccc(-c2csc(NC(=O)Cc3ccc(Cl)cc3)n2)cc1. The molecule has 3 rings (SSSR count). The summed E-state index contributed by atoms with van der Waals surface area (Å²) in [5, 5.41) is 14.7. The van der Waals surface area contributed by atoms with Gasteiger partial charge in [-0.3, -0.25) is 4.79 Å². The van der Waals surface area contributed by atoms with E-state index < -0.39 is 0 Å². The van der Waals surface area contributed by atoms with E-state index >= 15 is 0 Å². The van der Waals surface area contributed by atoms with Crippen molar-refractivity contribution in [3.8, 4) is 17.3 Å². The Bertz CT molecular complexity index is 895. The summed E-state index contributed by atoms with van der Waals surface area (Å²) in [5.74, 6) is -0.127. The van der Waals surface area contributed by atoms with E-state index in [-0.39, 0.29) is 12.3 Å². The Morgan fingerprint density at radius 3 is 2.54 bits per heavy atom. The van der Waals surface area contributed by atoms with Crippen LogP contribution in [-0.4, -0.2) is 10.9 Å². The topological polar surface area (TPSA) is 65.8 Å². The zero-order valence-electron chi connectivity index (χ0n) is 12.5. The number of amides is 1. The molecule has 4 nitrogen and oxygen atoms in total. The Morgan fingerprint density at radius 2 is 1.88 bits per heavy atom. The number of nitrogens with one attached hydrogen (secondary N) is 1. The van der Waals surface area contributed by atoms with E-state index in [1.165, 1.54) is 11.3 Å². The minimum atomic E-state index is -0.127. The molecule has 24 heavy (non-hydrogen) atoms. The monoisotopic (exact) mass is 353 g/mol. The number of carbonyl (C=O) groups excluding carboxylic acids is 1. The molecule has 0 saturated heterocycles. The summed E-state index contributed by atoms with van der Waals surface area (Å²) in [6.45, 7) is 0. The number of hydrogen-bond acceptors (Lipinski definition) is 4. The van der Waals surface area contributed by atoms with Crippen LogP contribution < -0.4 is 5.32 Å². The summed E-state index contributed by atoms with van der Waals surface area (Å²) < 4.78 is 0. The fourth-order valence-electron chi connectivity index (χ4n) is 2.13. The second-order valence-corrected chi connectivity index (χ2v) is 6.37. The molecule has 0 radical (unpaired) electrons. The van der Waals surface area contributed by atoms with Crippen molar-refractivity contribution in [1.82, 2.24) is 4.98 Å². The van der Waals surface area contributed by atoms with Gasteiger partial charge in [0.25, 0.3) is 0 Å². The molecular formula is C18H12ClN3OS. The van der Waals surface area contributed by atoms with Gasteiger partial charge in [0.2, 0.25) is 5.91 Å². The number of halogens is 1. The van der Waals surface area contributed by atoms with Gasteiger partial charge in [0.05, 0.1) is 23.7 Å². The summed E-state index contributed by atoms with van der Waals surface area (Å²) in [5.41, 5.74) is 3.17. The first-order chi connectivity index (χ1) is 11.6. The zero-order valence-corrected chi connectivity index (χ0v) is 14.1. The van der Waals surface area contributed by atoms with Crippen LogP contribution in [0.1, 0.15) is 11.1 Å².